The largest absolute Gasteiger partial charge is 0.416 e. The van der Waals surface area contributed by atoms with Crippen molar-refractivity contribution in [2.24, 2.45) is 0 Å². The Morgan fingerprint density at radius 1 is 0.935 bits per heavy atom. The van der Waals surface area contributed by atoms with Gasteiger partial charge >= 0.3 is 12.4 Å². The Balaban J connectivity index is 1.29. The first kappa shape index (κ1) is 31.5. The Kier molecular flexibility index (Phi) is 8.26. The molecule has 4 aromatic rings. The zero-order chi connectivity index (χ0) is 32.8. The third kappa shape index (κ3) is 6.57. The van der Waals surface area contributed by atoms with E-state index in [0.29, 0.717) is 30.7 Å². The van der Waals surface area contributed by atoms with Crippen molar-refractivity contribution in [3.8, 4) is 0 Å². The van der Waals surface area contributed by atoms with Gasteiger partial charge in [-0.25, -0.2) is 4.39 Å². The van der Waals surface area contributed by atoms with E-state index in [1.807, 2.05) is 36.5 Å². The van der Waals surface area contributed by atoms with E-state index in [4.69, 9.17) is 4.74 Å². The molecule has 2 aliphatic rings. The van der Waals surface area contributed by atoms with Crippen LogP contribution in [0.3, 0.4) is 0 Å². The van der Waals surface area contributed by atoms with Crippen molar-refractivity contribution in [3.63, 3.8) is 0 Å². The van der Waals surface area contributed by atoms with E-state index in [9.17, 15) is 35.5 Å². The van der Waals surface area contributed by atoms with Crippen LogP contribution in [0, 0.1) is 5.82 Å². The lowest BCUT2D eigenvalue weighted by Crippen LogP contribution is -2.39. The Labute approximate surface area is 259 Å². The molecule has 1 saturated heterocycles. The van der Waals surface area contributed by atoms with Crippen LogP contribution in [0.15, 0.2) is 91.3 Å². The van der Waals surface area contributed by atoms with E-state index >= 15 is 0 Å². The second-order valence-electron chi connectivity index (χ2n) is 11.6. The molecule has 3 aromatic carbocycles. The van der Waals surface area contributed by atoms with Gasteiger partial charge in [0, 0.05) is 36.3 Å². The number of ether oxygens (including phenoxy) is 1. The fraction of sp³-hybridized carbons (Fsp3) is 0.294. The molecule has 1 aromatic heterocycles. The van der Waals surface area contributed by atoms with Gasteiger partial charge in [0.25, 0.3) is 0 Å². The van der Waals surface area contributed by atoms with Crippen LogP contribution in [0.25, 0.3) is 5.57 Å². The summed E-state index contributed by atoms with van der Waals surface area (Å²) in [6, 6.07) is 16.2. The number of fused-ring (bicyclic) bond motifs is 1. The number of nitrogens with zero attached hydrogens (tertiary/aromatic N) is 3. The number of amides is 1. The number of hydrogen-bond acceptors (Lipinski definition) is 3. The van der Waals surface area contributed by atoms with Crippen molar-refractivity contribution >= 4 is 11.5 Å². The van der Waals surface area contributed by atoms with Crippen molar-refractivity contribution in [1.82, 2.24) is 14.7 Å². The molecule has 0 spiro atoms. The van der Waals surface area contributed by atoms with Crippen molar-refractivity contribution in [3.05, 3.63) is 130 Å². The average Bonchev–Trinajstić information content (AvgIpc) is 3.62. The van der Waals surface area contributed by atoms with Gasteiger partial charge in [0.1, 0.15) is 5.82 Å². The van der Waals surface area contributed by atoms with Crippen LogP contribution in [0.5, 0.6) is 0 Å². The number of carbonyl (C=O) groups excluding carboxylic acids is 1. The first-order chi connectivity index (χ1) is 21.8. The Hall–Kier alpha value is -4.45. The summed E-state index contributed by atoms with van der Waals surface area (Å²) in [5.74, 6) is -1.35. The van der Waals surface area contributed by atoms with Gasteiger partial charge in [0.15, 0.2) is 0 Å². The van der Waals surface area contributed by atoms with Crippen molar-refractivity contribution < 1.29 is 40.3 Å². The lowest BCUT2D eigenvalue weighted by molar-refractivity contribution is -0.143. The fourth-order valence-corrected chi connectivity index (χ4v) is 6.28. The predicted molar refractivity (Wildman–Crippen MR) is 155 cm³/mol. The molecular weight excluding hydrogens is 615 g/mol. The number of halogens is 7. The summed E-state index contributed by atoms with van der Waals surface area (Å²) in [4.78, 5) is 15.1. The summed E-state index contributed by atoms with van der Waals surface area (Å²) >= 11 is 0. The third-order valence-electron chi connectivity index (χ3n) is 8.51. The van der Waals surface area contributed by atoms with Crippen LogP contribution in [0.2, 0.25) is 0 Å². The van der Waals surface area contributed by atoms with Gasteiger partial charge in [-0.15, -0.1) is 0 Å². The lowest BCUT2D eigenvalue weighted by atomic mass is 9.84. The maximum Gasteiger partial charge on any atom is 0.416 e. The predicted octanol–water partition coefficient (Wildman–Crippen LogP) is 8.04. The summed E-state index contributed by atoms with van der Waals surface area (Å²) in [7, 11) is 0. The summed E-state index contributed by atoms with van der Waals surface area (Å²) < 4.78 is 103. The molecule has 1 amide bonds. The van der Waals surface area contributed by atoms with Crippen LogP contribution in [0.4, 0.5) is 30.7 Å². The molecule has 0 radical (unpaired) electrons. The molecule has 0 aliphatic carbocycles. The van der Waals surface area contributed by atoms with Gasteiger partial charge < -0.3 is 9.64 Å². The number of alkyl halides is 6. The van der Waals surface area contributed by atoms with E-state index in [-0.39, 0.29) is 24.1 Å². The zero-order valence-corrected chi connectivity index (χ0v) is 24.4. The Morgan fingerprint density at radius 3 is 2.22 bits per heavy atom. The maximum absolute atomic E-state index is 13.9. The molecule has 46 heavy (non-hydrogen) atoms. The smallest absolute Gasteiger partial charge is 0.368 e. The number of hydrogen-bond donors (Lipinski definition) is 0. The SMILES string of the molecule is C[C@@H](O[C@H]1CN2C(=O)C=C(c3cnn(Cc4ccccc4)c3)C[C@H]2[C@@H]1c1ccc(F)cc1)c1cc(C(F)(F)F)cc(C(F)(F)F)c1. The summed E-state index contributed by atoms with van der Waals surface area (Å²) in [5.41, 5.74) is -0.0588. The summed E-state index contributed by atoms with van der Waals surface area (Å²) in [6.07, 6.45) is -6.64. The van der Waals surface area contributed by atoms with Gasteiger partial charge in [-0.05, 0) is 65.9 Å². The second-order valence-corrected chi connectivity index (χ2v) is 11.6. The number of aromatic nitrogens is 2. The Morgan fingerprint density at radius 2 is 1.59 bits per heavy atom. The molecule has 1 fully saturated rings. The molecule has 0 saturated carbocycles. The van der Waals surface area contributed by atoms with E-state index in [1.165, 1.54) is 25.1 Å². The van der Waals surface area contributed by atoms with Gasteiger partial charge in [-0.2, -0.15) is 31.4 Å². The lowest BCUT2D eigenvalue weighted by Gasteiger charge is -2.32. The van der Waals surface area contributed by atoms with Crippen LogP contribution < -0.4 is 0 Å². The van der Waals surface area contributed by atoms with Crippen molar-refractivity contribution in [1.29, 1.82) is 0 Å². The van der Waals surface area contributed by atoms with Gasteiger partial charge in [0.05, 0.1) is 36.1 Å². The molecular formula is C34H28F7N3O2. The van der Waals surface area contributed by atoms with E-state index in [1.54, 1.807) is 27.9 Å². The molecule has 240 valence electrons. The first-order valence-electron chi connectivity index (χ1n) is 14.5. The molecule has 5 nitrogen and oxygen atoms in total. The van der Waals surface area contributed by atoms with E-state index in [2.05, 4.69) is 5.10 Å². The first-order valence-corrected chi connectivity index (χ1v) is 14.5. The Bertz CT molecular complexity index is 1710. The normalized spacial score (nSPS) is 20.9. The minimum Gasteiger partial charge on any atom is -0.368 e. The topological polar surface area (TPSA) is 47.4 Å². The summed E-state index contributed by atoms with van der Waals surface area (Å²) in [5, 5.41) is 4.45. The molecule has 2 aliphatic heterocycles. The monoisotopic (exact) mass is 643 g/mol. The average molecular weight is 644 g/mol. The second kappa shape index (κ2) is 12.1. The molecule has 12 heteroatoms. The number of benzene rings is 3. The van der Waals surface area contributed by atoms with E-state index < -0.39 is 53.5 Å². The van der Waals surface area contributed by atoms with Gasteiger partial charge in [0.2, 0.25) is 5.91 Å². The van der Waals surface area contributed by atoms with Crippen LogP contribution in [-0.2, 0) is 28.4 Å². The molecule has 3 heterocycles. The van der Waals surface area contributed by atoms with Gasteiger partial charge in [-0.3, -0.25) is 9.48 Å². The van der Waals surface area contributed by atoms with E-state index in [0.717, 1.165) is 16.7 Å². The highest BCUT2D eigenvalue weighted by Crippen LogP contribution is 2.45. The van der Waals surface area contributed by atoms with Gasteiger partial charge in [-0.1, -0.05) is 42.5 Å². The molecule has 0 bridgehead atoms. The maximum atomic E-state index is 13.9. The van der Waals surface area contributed by atoms with Crippen LogP contribution >= 0.6 is 0 Å². The van der Waals surface area contributed by atoms with Crippen LogP contribution in [0.1, 0.15) is 58.7 Å². The quantitative estimate of drug-likeness (QED) is 0.192. The van der Waals surface area contributed by atoms with Crippen LogP contribution in [-0.4, -0.2) is 39.3 Å². The fourth-order valence-electron chi connectivity index (χ4n) is 6.28. The molecule has 0 N–H and O–H groups in total. The van der Waals surface area contributed by atoms with Crippen molar-refractivity contribution in [2.45, 2.75) is 56.4 Å². The molecule has 6 rings (SSSR count). The number of rotatable bonds is 7. The number of carbonyl (C=O) groups is 1. The zero-order valence-electron chi connectivity index (χ0n) is 24.4. The molecule has 4 atom stereocenters. The minimum absolute atomic E-state index is 0.0397. The van der Waals surface area contributed by atoms with Crippen molar-refractivity contribution in [2.75, 3.05) is 6.54 Å². The third-order valence-corrected chi connectivity index (χ3v) is 8.51. The molecule has 0 unspecified atom stereocenters. The highest BCUT2D eigenvalue weighted by Gasteiger charge is 2.48. The minimum atomic E-state index is -5.01. The summed E-state index contributed by atoms with van der Waals surface area (Å²) in [6.45, 7) is 1.94. The highest BCUT2D eigenvalue weighted by molar-refractivity contribution is 5.97. The highest BCUT2D eigenvalue weighted by atomic mass is 19.4. The standard InChI is InChI=1S/C34H28F7N3O2/c1-20(23-11-26(33(36,37)38)15-27(12-23)34(39,40)41)46-30-19-44-29(32(30)22-7-9-28(35)10-8-22)13-24(14-31(44)45)25-16-42-43(18-25)17-21-5-3-2-4-6-21/h2-12,14-16,18,20,29-30,32H,13,17,19H2,1H3/t20-,29+,30+,32+/m1/s1.